The van der Waals surface area contributed by atoms with E-state index < -0.39 is 17.7 Å². The van der Waals surface area contributed by atoms with Gasteiger partial charge >= 0.3 is 5.97 Å². The zero-order chi connectivity index (χ0) is 15.4. The number of rotatable bonds is 3. The standard InChI is InChI=1S/C15H11ClFNO3/c1-21-15(20)11-8-9(6-7-13(11)17)18-14(19)10-4-2-3-5-12(10)16/h2-8H,1H3,(H,18,19). The molecule has 0 heterocycles. The van der Waals surface area contributed by atoms with Crippen LogP contribution in [0.3, 0.4) is 0 Å². The molecule has 0 spiro atoms. The molecule has 108 valence electrons. The lowest BCUT2D eigenvalue weighted by atomic mass is 10.1. The molecule has 21 heavy (non-hydrogen) atoms. The molecule has 0 fully saturated rings. The third kappa shape index (κ3) is 3.38. The molecular formula is C15H11ClFNO3. The van der Waals surface area contributed by atoms with Crippen molar-refractivity contribution in [2.75, 3.05) is 12.4 Å². The van der Waals surface area contributed by atoms with E-state index in [1.165, 1.54) is 12.1 Å². The number of hydrogen-bond donors (Lipinski definition) is 1. The summed E-state index contributed by atoms with van der Waals surface area (Å²) in [5.41, 5.74) is 0.291. The molecule has 0 saturated heterocycles. The van der Waals surface area contributed by atoms with Gasteiger partial charge in [-0.15, -0.1) is 0 Å². The van der Waals surface area contributed by atoms with Crippen molar-refractivity contribution in [2.24, 2.45) is 0 Å². The van der Waals surface area contributed by atoms with Gasteiger partial charge in [0.05, 0.1) is 23.3 Å². The van der Waals surface area contributed by atoms with Crippen molar-refractivity contribution in [3.63, 3.8) is 0 Å². The Morgan fingerprint density at radius 1 is 1.14 bits per heavy atom. The third-order valence-electron chi connectivity index (χ3n) is 2.75. The van der Waals surface area contributed by atoms with Crippen LogP contribution in [0.5, 0.6) is 0 Å². The molecule has 2 rings (SSSR count). The predicted octanol–water partition coefficient (Wildman–Crippen LogP) is 3.52. The zero-order valence-corrected chi connectivity index (χ0v) is 11.8. The normalized spacial score (nSPS) is 10.0. The van der Waals surface area contributed by atoms with Crippen LogP contribution in [0.2, 0.25) is 5.02 Å². The Bertz CT molecular complexity index is 703. The van der Waals surface area contributed by atoms with Crippen molar-refractivity contribution in [1.29, 1.82) is 0 Å². The molecule has 0 aliphatic heterocycles. The highest BCUT2D eigenvalue weighted by Crippen LogP contribution is 2.19. The van der Waals surface area contributed by atoms with E-state index in [0.29, 0.717) is 5.02 Å². The molecule has 4 nitrogen and oxygen atoms in total. The van der Waals surface area contributed by atoms with E-state index in [4.69, 9.17) is 11.6 Å². The maximum Gasteiger partial charge on any atom is 0.340 e. The Balaban J connectivity index is 2.26. The largest absolute Gasteiger partial charge is 0.465 e. The molecule has 1 amide bonds. The number of hydrogen-bond acceptors (Lipinski definition) is 3. The van der Waals surface area contributed by atoms with Crippen molar-refractivity contribution >= 4 is 29.2 Å². The second kappa shape index (κ2) is 6.37. The van der Waals surface area contributed by atoms with Crippen LogP contribution in [0.4, 0.5) is 10.1 Å². The lowest BCUT2D eigenvalue weighted by molar-refractivity contribution is 0.0595. The van der Waals surface area contributed by atoms with Crippen LogP contribution < -0.4 is 5.32 Å². The molecular weight excluding hydrogens is 297 g/mol. The topological polar surface area (TPSA) is 55.4 Å². The predicted molar refractivity (Wildman–Crippen MR) is 77.1 cm³/mol. The Morgan fingerprint density at radius 3 is 2.52 bits per heavy atom. The summed E-state index contributed by atoms with van der Waals surface area (Å²) in [6.45, 7) is 0. The number of anilines is 1. The number of halogens is 2. The van der Waals surface area contributed by atoms with Gasteiger partial charge in [0.15, 0.2) is 0 Å². The monoisotopic (exact) mass is 307 g/mol. The highest BCUT2D eigenvalue weighted by Gasteiger charge is 2.15. The van der Waals surface area contributed by atoms with E-state index in [9.17, 15) is 14.0 Å². The SMILES string of the molecule is COC(=O)c1cc(NC(=O)c2ccccc2Cl)ccc1F. The molecule has 2 aromatic carbocycles. The highest BCUT2D eigenvalue weighted by atomic mass is 35.5. The van der Waals surface area contributed by atoms with Gasteiger partial charge in [-0.2, -0.15) is 0 Å². The minimum absolute atomic E-state index is 0.255. The van der Waals surface area contributed by atoms with Crippen molar-refractivity contribution in [2.45, 2.75) is 0 Å². The average molecular weight is 308 g/mol. The molecule has 0 saturated carbocycles. The Labute approximate surface area is 125 Å². The lowest BCUT2D eigenvalue weighted by Crippen LogP contribution is -2.13. The van der Waals surface area contributed by atoms with Gasteiger partial charge in [0.25, 0.3) is 5.91 Å². The second-order valence-corrected chi connectivity index (χ2v) is 4.53. The number of amides is 1. The zero-order valence-electron chi connectivity index (χ0n) is 11.0. The van der Waals surface area contributed by atoms with Crippen LogP contribution >= 0.6 is 11.6 Å². The fourth-order valence-corrected chi connectivity index (χ4v) is 1.93. The van der Waals surface area contributed by atoms with Gasteiger partial charge in [0.2, 0.25) is 0 Å². The summed E-state index contributed by atoms with van der Waals surface area (Å²) in [5.74, 6) is -2.00. The summed E-state index contributed by atoms with van der Waals surface area (Å²) in [4.78, 5) is 23.5. The number of carbonyl (C=O) groups excluding carboxylic acids is 2. The highest BCUT2D eigenvalue weighted by molar-refractivity contribution is 6.34. The van der Waals surface area contributed by atoms with Crippen LogP contribution in [0.1, 0.15) is 20.7 Å². The van der Waals surface area contributed by atoms with Gasteiger partial charge in [0.1, 0.15) is 5.82 Å². The molecule has 0 aliphatic rings. The summed E-state index contributed by atoms with van der Waals surface area (Å²) in [6, 6.07) is 10.1. The van der Waals surface area contributed by atoms with Crippen molar-refractivity contribution in [3.8, 4) is 0 Å². The van der Waals surface area contributed by atoms with E-state index >= 15 is 0 Å². The number of benzene rings is 2. The molecule has 0 unspecified atom stereocenters. The van der Waals surface area contributed by atoms with E-state index in [-0.39, 0.29) is 16.8 Å². The maximum absolute atomic E-state index is 13.5. The molecule has 0 atom stereocenters. The van der Waals surface area contributed by atoms with Crippen LogP contribution in [0.15, 0.2) is 42.5 Å². The maximum atomic E-state index is 13.5. The van der Waals surface area contributed by atoms with Crippen LogP contribution in [0, 0.1) is 5.82 Å². The fourth-order valence-electron chi connectivity index (χ4n) is 1.71. The van der Waals surface area contributed by atoms with Crippen molar-refractivity contribution < 1.29 is 18.7 Å². The minimum atomic E-state index is -0.818. The van der Waals surface area contributed by atoms with Gasteiger partial charge < -0.3 is 10.1 Å². The van der Waals surface area contributed by atoms with Gasteiger partial charge in [-0.3, -0.25) is 4.79 Å². The van der Waals surface area contributed by atoms with E-state index in [1.54, 1.807) is 24.3 Å². The molecule has 0 aromatic heterocycles. The number of ether oxygens (including phenoxy) is 1. The smallest absolute Gasteiger partial charge is 0.340 e. The van der Waals surface area contributed by atoms with Crippen LogP contribution in [-0.2, 0) is 4.74 Å². The van der Waals surface area contributed by atoms with Crippen molar-refractivity contribution in [3.05, 3.63) is 64.4 Å². The molecule has 6 heteroatoms. The van der Waals surface area contributed by atoms with Crippen LogP contribution in [0.25, 0.3) is 0 Å². The summed E-state index contributed by atoms with van der Waals surface area (Å²) in [5, 5.41) is 2.84. The molecule has 0 radical (unpaired) electrons. The number of nitrogens with one attached hydrogen (secondary N) is 1. The first-order chi connectivity index (χ1) is 10.0. The first-order valence-electron chi connectivity index (χ1n) is 5.96. The van der Waals surface area contributed by atoms with Gasteiger partial charge in [-0.05, 0) is 30.3 Å². The first kappa shape index (κ1) is 15.0. The number of methoxy groups -OCH3 is 1. The Morgan fingerprint density at radius 2 is 1.86 bits per heavy atom. The van der Waals surface area contributed by atoms with Gasteiger partial charge in [-0.25, -0.2) is 9.18 Å². The minimum Gasteiger partial charge on any atom is -0.465 e. The summed E-state index contributed by atoms with van der Waals surface area (Å²) in [7, 11) is 1.15. The quantitative estimate of drug-likeness (QED) is 0.883. The Hall–Kier alpha value is -2.40. The first-order valence-corrected chi connectivity index (χ1v) is 6.34. The summed E-state index contributed by atoms with van der Waals surface area (Å²) < 4.78 is 18.0. The van der Waals surface area contributed by atoms with Crippen LogP contribution in [-0.4, -0.2) is 19.0 Å². The summed E-state index contributed by atoms with van der Waals surface area (Å²) >= 11 is 5.92. The summed E-state index contributed by atoms with van der Waals surface area (Å²) in [6.07, 6.45) is 0. The molecule has 0 aliphatic carbocycles. The second-order valence-electron chi connectivity index (χ2n) is 4.12. The Kier molecular flexibility index (Phi) is 4.55. The lowest BCUT2D eigenvalue weighted by Gasteiger charge is -2.08. The number of carbonyl (C=O) groups is 2. The van der Waals surface area contributed by atoms with Gasteiger partial charge in [-0.1, -0.05) is 23.7 Å². The van der Waals surface area contributed by atoms with Crippen molar-refractivity contribution in [1.82, 2.24) is 0 Å². The molecule has 0 bridgehead atoms. The fraction of sp³-hybridized carbons (Fsp3) is 0.0667. The van der Waals surface area contributed by atoms with E-state index in [2.05, 4.69) is 10.1 Å². The molecule has 1 N–H and O–H groups in total. The number of esters is 1. The third-order valence-corrected chi connectivity index (χ3v) is 3.08. The van der Waals surface area contributed by atoms with E-state index in [0.717, 1.165) is 13.2 Å². The average Bonchev–Trinajstić information content (AvgIpc) is 2.48. The van der Waals surface area contributed by atoms with E-state index in [1.807, 2.05) is 0 Å². The molecule has 2 aromatic rings. The van der Waals surface area contributed by atoms with Gasteiger partial charge in [0, 0.05) is 5.69 Å².